The number of carbonyl (C=O) groups is 1. The van der Waals surface area contributed by atoms with E-state index in [4.69, 9.17) is 27.9 Å². The minimum Gasteiger partial charge on any atom is -0.457 e. The first-order valence-electron chi connectivity index (χ1n) is 9.08. The highest BCUT2D eigenvalue weighted by Gasteiger charge is 2.21. The van der Waals surface area contributed by atoms with E-state index in [1.165, 1.54) is 10.9 Å². The summed E-state index contributed by atoms with van der Waals surface area (Å²) in [5, 5.41) is 1.35. The van der Waals surface area contributed by atoms with Crippen molar-refractivity contribution in [2.24, 2.45) is 0 Å². The van der Waals surface area contributed by atoms with Crippen molar-refractivity contribution < 1.29 is 9.53 Å². The molecule has 2 heterocycles. The molecule has 30 heavy (non-hydrogen) atoms. The maximum Gasteiger partial charge on any atom is 0.349 e. The number of thiophene rings is 1. The average molecular weight is 459 g/mol. The highest BCUT2D eigenvalue weighted by atomic mass is 35.5. The highest BCUT2D eigenvalue weighted by Crippen LogP contribution is 2.29. The first kappa shape index (κ1) is 20.6. The lowest BCUT2D eigenvalue weighted by Crippen LogP contribution is -2.21. The van der Waals surface area contributed by atoms with Gasteiger partial charge in [0.15, 0.2) is 0 Å². The zero-order valence-electron chi connectivity index (χ0n) is 15.9. The van der Waals surface area contributed by atoms with E-state index in [1.54, 1.807) is 25.1 Å². The minimum atomic E-state index is -0.473. The minimum absolute atomic E-state index is 0.163. The molecule has 0 atom stereocenters. The number of carbonyl (C=O) groups excluding carboxylic acids is 1. The third-order valence-corrected chi connectivity index (χ3v) is 6.59. The van der Waals surface area contributed by atoms with Crippen LogP contribution >= 0.6 is 34.5 Å². The third kappa shape index (κ3) is 3.99. The van der Waals surface area contributed by atoms with Gasteiger partial charge >= 0.3 is 5.97 Å². The van der Waals surface area contributed by atoms with E-state index in [-0.39, 0.29) is 18.7 Å². The van der Waals surface area contributed by atoms with Crippen LogP contribution in [0.2, 0.25) is 10.0 Å². The van der Waals surface area contributed by atoms with Crippen LogP contribution in [-0.2, 0) is 17.9 Å². The number of fused-ring (bicyclic) bond motifs is 1. The summed E-state index contributed by atoms with van der Waals surface area (Å²) in [4.78, 5) is 30.9. The van der Waals surface area contributed by atoms with Gasteiger partial charge in [-0.25, -0.2) is 9.78 Å². The van der Waals surface area contributed by atoms with Crippen LogP contribution in [0.5, 0.6) is 0 Å². The Hall–Kier alpha value is -2.67. The summed E-state index contributed by atoms with van der Waals surface area (Å²) in [6.45, 7) is 2.08. The molecule has 2 aromatic heterocycles. The molecule has 8 heteroatoms. The van der Waals surface area contributed by atoms with Gasteiger partial charge in [0.2, 0.25) is 0 Å². The van der Waals surface area contributed by atoms with Crippen LogP contribution in [-0.4, -0.2) is 15.5 Å². The summed E-state index contributed by atoms with van der Waals surface area (Å²) in [7, 11) is 0. The van der Waals surface area contributed by atoms with E-state index in [0.717, 1.165) is 16.9 Å². The second-order valence-electron chi connectivity index (χ2n) is 6.68. The van der Waals surface area contributed by atoms with E-state index in [1.807, 2.05) is 30.3 Å². The number of hydrogen-bond acceptors (Lipinski definition) is 5. The van der Waals surface area contributed by atoms with Gasteiger partial charge in [-0.05, 0) is 30.2 Å². The molecule has 152 valence electrons. The van der Waals surface area contributed by atoms with E-state index >= 15 is 0 Å². The third-order valence-electron chi connectivity index (χ3n) is 4.71. The Kier molecular flexibility index (Phi) is 5.90. The fourth-order valence-corrected chi connectivity index (χ4v) is 4.66. The van der Waals surface area contributed by atoms with Crippen LogP contribution < -0.4 is 5.56 Å². The maximum absolute atomic E-state index is 13.1. The van der Waals surface area contributed by atoms with Crippen LogP contribution in [0.15, 0.2) is 59.7 Å². The lowest BCUT2D eigenvalue weighted by Gasteiger charge is -2.09. The van der Waals surface area contributed by atoms with Crippen LogP contribution in [0.4, 0.5) is 0 Å². The van der Waals surface area contributed by atoms with Gasteiger partial charge in [-0.3, -0.25) is 9.36 Å². The molecule has 0 spiro atoms. The molecular formula is C22H16Cl2N2O3S. The molecule has 0 saturated heterocycles. The lowest BCUT2D eigenvalue weighted by atomic mass is 10.2. The first-order valence-corrected chi connectivity index (χ1v) is 10.7. The molecule has 4 aromatic rings. The Morgan fingerprint density at radius 3 is 2.50 bits per heavy atom. The number of nitrogens with zero attached hydrogens (tertiary/aromatic N) is 2. The predicted octanol–water partition coefficient (Wildman–Crippen LogP) is 5.48. The van der Waals surface area contributed by atoms with Crippen LogP contribution in [0.25, 0.3) is 10.2 Å². The van der Waals surface area contributed by atoms with Crippen LogP contribution in [0, 0.1) is 6.92 Å². The van der Waals surface area contributed by atoms with Crippen molar-refractivity contribution in [3.05, 3.63) is 96.8 Å². The van der Waals surface area contributed by atoms with Gasteiger partial charge in [0.05, 0.1) is 18.3 Å². The zero-order valence-corrected chi connectivity index (χ0v) is 18.2. The monoisotopic (exact) mass is 458 g/mol. The van der Waals surface area contributed by atoms with E-state index in [0.29, 0.717) is 36.3 Å². The molecule has 0 fully saturated rings. The quantitative estimate of drug-likeness (QED) is 0.371. The molecule has 0 saturated carbocycles. The molecule has 5 nitrogen and oxygen atoms in total. The molecule has 0 aliphatic carbocycles. The number of hydrogen-bond donors (Lipinski definition) is 0. The summed E-state index contributed by atoms with van der Waals surface area (Å²) in [6.07, 6.45) is 1.44. The van der Waals surface area contributed by atoms with Crippen molar-refractivity contribution in [1.82, 2.24) is 9.55 Å². The van der Waals surface area contributed by atoms with Gasteiger partial charge in [-0.15, -0.1) is 11.3 Å². The van der Waals surface area contributed by atoms with Crippen molar-refractivity contribution in [2.45, 2.75) is 20.1 Å². The zero-order chi connectivity index (χ0) is 21.3. The first-order chi connectivity index (χ1) is 14.5. The topological polar surface area (TPSA) is 61.2 Å². The standard InChI is InChI=1S/C22H16Cl2N2O3S/c1-13-18-20(30-19(13)22(28)29-11-14-6-3-2-4-7-14)25-12-26(21(18)27)10-15-16(23)8-5-9-17(15)24/h2-9,12H,10-11H2,1H3. The van der Waals surface area contributed by atoms with Crippen molar-refractivity contribution in [3.63, 3.8) is 0 Å². The molecule has 0 N–H and O–H groups in total. The molecule has 0 aliphatic rings. The van der Waals surface area contributed by atoms with E-state index < -0.39 is 5.97 Å². The average Bonchev–Trinajstić information content (AvgIpc) is 3.08. The van der Waals surface area contributed by atoms with Crippen molar-refractivity contribution in [2.75, 3.05) is 0 Å². The number of esters is 1. The fraction of sp³-hybridized carbons (Fsp3) is 0.136. The smallest absolute Gasteiger partial charge is 0.349 e. The molecule has 4 rings (SSSR count). The Bertz CT molecular complexity index is 1280. The Morgan fingerprint density at radius 2 is 1.80 bits per heavy atom. The lowest BCUT2D eigenvalue weighted by molar-refractivity contribution is 0.0478. The number of benzene rings is 2. The number of halogens is 2. The molecule has 0 bridgehead atoms. The van der Waals surface area contributed by atoms with Crippen molar-refractivity contribution in [1.29, 1.82) is 0 Å². The summed E-state index contributed by atoms with van der Waals surface area (Å²) in [5.74, 6) is -0.473. The Morgan fingerprint density at radius 1 is 1.10 bits per heavy atom. The molecule has 2 aromatic carbocycles. The summed E-state index contributed by atoms with van der Waals surface area (Å²) in [6, 6.07) is 14.6. The maximum atomic E-state index is 13.1. The molecular weight excluding hydrogens is 443 g/mol. The largest absolute Gasteiger partial charge is 0.457 e. The number of aryl methyl sites for hydroxylation is 1. The van der Waals surface area contributed by atoms with Crippen molar-refractivity contribution in [3.8, 4) is 0 Å². The molecule has 0 aliphatic heterocycles. The molecule has 0 amide bonds. The molecule has 0 unspecified atom stereocenters. The summed E-state index contributed by atoms with van der Waals surface area (Å²) >= 11 is 13.6. The van der Waals surface area contributed by atoms with Crippen LogP contribution in [0.1, 0.15) is 26.4 Å². The van der Waals surface area contributed by atoms with Gasteiger partial charge in [0.1, 0.15) is 16.3 Å². The van der Waals surface area contributed by atoms with Gasteiger partial charge < -0.3 is 4.74 Å². The summed E-state index contributed by atoms with van der Waals surface area (Å²) in [5.41, 5.74) is 1.83. The fourth-order valence-electron chi connectivity index (χ4n) is 3.11. The molecule has 0 radical (unpaired) electrons. The van der Waals surface area contributed by atoms with E-state index in [9.17, 15) is 9.59 Å². The normalized spacial score (nSPS) is 11.0. The highest BCUT2D eigenvalue weighted by molar-refractivity contribution is 7.20. The second kappa shape index (κ2) is 8.60. The number of aromatic nitrogens is 2. The Balaban J connectivity index is 1.65. The van der Waals surface area contributed by atoms with Gasteiger partial charge in [-0.1, -0.05) is 59.6 Å². The van der Waals surface area contributed by atoms with Crippen molar-refractivity contribution >= 4 is 50.7 Å². The van der Waals surface area contributed by atoms with E-state index in [2.05, 4.69) is 4.98 Å². The van der Waals surface area contributed by atoms with Crippen LogP contribution in [0.3, 0.4) is 0 Å². The summed E-state index contributed by atoms with van der Waals surface area (Å²) < 4.78 is 6.86. The number of ether oxygens (including phenoxy) is 1. The predicted molar refractivity (Wildman–Crippen MR) is 120 cm³/mol. The van der Waals surface area contributed by atoms with Gasteiger partial charge in [0, 0.05) is 15.6 Å². The second-order valence-corrected chi connectivity index (χ2v) is 8.49. The number of rotatable bonds is 5. The van der Waals surface area contributed by atoms with Gasteiger partial charge in [0.25, 0.3) is 5.56 Å². The van der Waals surface area contributed by atoms with Gasteiger partial charge in [-0.2, -0.15) is 0 Å². The Labute approximate surface area is 186 Å². The SMILES string of the molecule is Cc1c(C(=O)OCc2ccccc2)sc2ncn(Cc3c(Cl)cccc3Cl)c(=O)c12.